The van der Waals surface area contributed by atoms with E-state index in [9.17, 15) is 5.26 Å². The van der Waals surface area contributed by atoms with Crippen LogP contribution in [0.1, 0.15) is 17.2 Å². The molecule has 118 valence electrons. The number of nitrogens with two attached hydrogens (primary N) is 1. The zero-order valence-corrected chi connectivity index (χ0v) is 13.7. The second-order valence-corrected chi connectivity index (χ2v) is 6.20. The van der Waals surface area contributed by atoms with Crippen LogP contribution in [-0.4, -0.2) is 4.57 Å². The molecule has 0 saturated heterocycles. The molecule has 24 heavy (non-hydrogen) atoms. The van der Waals surface area contributed by atoms with Crippen LogP contribution in [0.2, 0.25) is 5.02 Å². The summed E-state index contributed by atoms with van der Waals surface area (Å²) < 4.78 is 7.90. The Kier molecular flexibility index (Phi) is 3.26. The van der Waals surface area contributed by atoms with Gasteiger partial charge in [0.2, 0.25) is 5.88 Å². The number of para-hydroxylation sites is 1. The van der Waals surface area contributed by atoms with E-state index in [0.717, 1.165) is 22.2 Å². The van der Waals surface area contributed by atoms with Gasteiger partial charge in [0.25, 0.3) is 0 Å². The molecule has 0 spiro atoms. The summed E-state index contributed by atoms with van der Waals surface area (Å²) in [6.07, 6.45) is 0. The Morgan fingerprint density at radius 1 is 1.17 bits per heavy atom. The standard InChI is InChI=1S/C19H14ClN3O/c1-23-15-5-3-2-4-13(15)18-17(23)16(14(10-21)19(22)24-18)11-6-8-12(20)9-7-11/h2-9,16H,22H2,1H3/t16-/m0/s1. The van der Waals surface area contributed by atoms with Crippen LogP contribution in [0.25, 0.3) is 10.9 Å². The third-order valence-corrected chi connectivity index (χ3v) is 4.72. The van der Waals surface area contributed by atoms with Crippen LogP contribution in [-0.2, 0) is 7.05 Å². The number of rotatable bonds is 1. The molecule has 5 heteroatoms. The van der Waals surface area contributed by atoms with Gasteiger partial charge >= 0.3 is 0 Å². The van der Waals surface area contributed by atoms with E-state index in [-0.39, 0.29) is 11.8 Å². The first kappa shape index (κ1) is 14.7. The highest BCUT2D eigenvalue weighted by molar-refractivity contribution is 6.30. The molecule has 0 fully saturated rings. The van der Waals surface area contributed by atoms with Crippen molar-refractivity contribution < 1.29 is 4.74 Å². The lowest BCUT2D eigenvalue weighted by molar-refractivity contribution is 0.394. The van der Waals surface area contributed by atoms with E-state index in [1.807, 2.05) is 55.6 Å². The van der Waals surface area contributed by atoms with Crippen LogP contribution in [0.5, 0.6) is 5.75 Å². The van der Waals surface area contributed by atoms with Crippen LogP contribution in [0.15, 0.2) is 60.0 Å². The van der Waals surface area contributed by atoms with Gasteiger partial charge in [0.1, 0.15) is 11.6 Å². The fourth-order valence-electron chi connectivity index (χ4n) is 3.35. The van der Waals surface area contributed by atoms with E-state index in [0.29, 0.717) is 16.3 Å². The highest BCUT2D eigenvalue weighted by Crippen LogP contribution is 2.46. The van der Waals surface area contributed by atoms with E-state index < -0.39 is 0 Å². The smallest absolute Gasteiger partial charge is 0.205 e. The molecular formula is C19H14ClN3O. The summed E-state index contributed by atoms with van der Waals surface area (Å²) in [4.78, 5) is 0. The molecule has 0 saturated carbocycles. The Labute approximate surface area is 144 Å². The Hall–Kier alpha value is -2.90. The number of aromatic nitrogens is 1. The number of ether oxygens (including phenoxy) is 1. The molecule has 4 nitrogen and oxygen atoms in total. The lowest BCUT2D eigenvalue weighted by atomic mass is 9.87. The van der Waals surface area contributed by atoms with Crippen LogP contribution < -0.4 is 10.5 Å². The monoisotopic (exact) mass is 335 g/mol. The average molecular weight is 336 g/mol. The van der Waals surface area contributed by atoms with E-state index >= 15 is 0 Å². The summed E-state index contributed by atoms with van der Waals surface area (Å²) in [5.74, 6) is 0.583. The number of aryl methyl sites for hydroxylation is 1. The maximum atomic E-state index is 9.64. The summed E-state index contributed by atoms with van der Waals surface area (Å²) in [7, 11) is 1.98. The molecule has 1 aromatic heterocycles. The zero-order chi connectivity index (χ0) is 16.8. The lowest BCUT2D eigenvalue weighted by Crippen LogP contribution is -2.22. The van der Waals surface area contributed by atoms with Crippen molar-refractivity contribution >= 4 is 22.5 Å². The third kappa shape index (κ3) is 1.99. The fraction of sp³-hybridized carbons (Fsp3) is 0.105. The molecule has 0 amide bonds. The summed E-state index contributed by atoms with van der Waals surface area (Å²) in [5.41, 5.74) is 9.38. The van der Waals surface area contributed by atoms with Crippen molar-refractivity contribution in [2.24, 2.45) is 12.8 Å². The number of hydrogen-bond donors (Lipinski definition) is 1. The average Bonchev–Trinajstić information content (AvgIpc) is 2.87. The number of nitrogens with zero attached hydrogens (tertiary/aromatic N) is 2. The van der Waals surface area contributed by atoms with E-state index in [2.05, 4.69) is 10.6 Å². The van der Waals surface area contributed by atoms with Gasteiger partial charge in [0.15, 0.2) is 5.75 Å². The number of hydrogen-bond acceptors (Lipinski definition) is 3. The molecule has 2 N–H and O–H groups in total. The van der Waals surface area contributed by atoms with Crippen molar-refractivity contribution in [2.75, 3.05) is 0 Å². The molecular weight excluding hydrogens is 322 g/mol. The minimum atomic E-state index is -0.284. The van der Waals surface area contributed by atoms with Gasteiger partial charge in [0.05, 0.1) is 17.1 Å². The first-order valence-corrected chi connectivity index (χ1v) is 7.90. The fourth-order valence-corrected chi connectivity index (χ4v) is 3.48. The Bertz CT molecular complexity index is 1030. The largest absolute Gasteiger partial charge is 0.438 e. The maximum Gasteiger partial charge on any atom is 0.205 e. The van der Waals surface area contributed by atoms with Gasteiger partial charge < -0.3 is 15.0 Å². The SMILES string of the molecule is Cn1c2c(c3ccccc31)OC(N)=C(C#N)[C@@H]2c1ccc(Cl)cc1. The van der Waals surface area contributed by atoms with Gasteiger partial charge in [-0.25, -0.2) is 0 Å². The second kappa shape index (κ2) is 5.33. The number of benzene rings is 2. The van der Waals surface area contributed by atoms with Crippen LogP contribution in [0.4, 0.5) is 0 Å². The first-order chi connectivity index (χ1) is 11.6. The highest BCUT2D eigenvalue weighted by atomic mass is 35.5. The van der Waals surface area contributed by atoms with Gasteiger partial charge in [-0.3, -0.25) is 0 Å². The van der Waals surface area contributed by atoms with Crippen molar-refractivity contribution in [3.63, 3.8) is 0 Å². The summed E-state index contributed by atoms with van der Waals surface area (Å²) in [5, 5.41) is 11.3. The van der Waals surface area contributed by atoms with Gasteiger partial charge in [-0.1, -0.05) is 35.9 Å². The second-order valence-electron chi connectivity index (χ2n) is 5.77. The molecule has 0 bridgehead atoms. The molecule has 0 unspecified atom stereocenters. The normalized spacial score (nSPS) is 16.6. The molecule has 1 aliphatic heterocycles. The van der Waals surface area contributed by atoms with E-state index in [1.165, 1.54) is 0 Å². The number of fused-ring (bicyclic) bond motifs is 3. The molecule has 0 radical (unpaired) electrons. The van der Waals surface area contributed by atoms with Gasteiger partial charge in [-0.2, -0.15) is 5.26 Å². The Balaban J connectivity index is 2.05. The van der Waals surface area contributed by atoms with Crippen LogP contribution >= 0.6 is 11.6 Å². The third-order valence-electron chi connectivity index (χ3n) is 4.47. The van der Waals surface area contributed by atoms with Crippen molar-refractivity contribution in [3.05, 3.63) is 76.3 Å². The van der Waals surface area contributed by atoms with Crippen LogP contribution in [0.3, 0.4) is 0 Å². The first-order valence-electron chi connectivity index (χ1n) is 7.52. The summed E-state index contributed by atoms with van der Waals surface area (Å²) in [6.45, 7) is 0. The van der Waals surface area contributed by atoms with Crippen LogP contribution in [0, 0.1) is 11.3 Å². The minimum absolute atomic E-state index is 0.154. The molecule has 1 atom stereocenters. The van der Waals surface area contributed by atoms with Crippen molar-refractivity contribution in [3.8, 4) is 11.8 Å². The number of allylic oxidation sites excluding steroid dienone is 1. The predicted octanol–water partition coefficient (Wildman–Crippen LogP) is 4.05. The summed E-state index contributed by atoms with van der Waals surface area (Å²) >= 11 is 6.01. The van der Waals surface area contributed by atoms with E-state index in [4.69, 9.17) is 22.1 Å². The van der Waals surface area contributed by atoms with Crippen molar-refractivity contribution in [2.45, 2.75) is 5.92 Å². The maximum absolute atomic E-state index is 9.64. The van der Waals surface area contributed by atoms with Crippen molar-refractivity contribution in [1.82, 2.24) is 4.57 Å². The Morgan fingerprint density at radius 2 is 1.88 bits per heavy atom. The Morgan fingerprint density at radius 3 is 2.58 bits per heavy atom. The van der Waals surface area contributed by atoms with Gasteiger partial charge in [0, 0.05) is 17.5 Å². The molecule has 3 aromatic rings. The topological polar surface area (TPSA) is 64.0 Å². The van der Waals surface area contributed by atoms with E-state index in [1.54, 1.807) is 0 Å². The molecule has 2 heterocycles. The molecule has 1 aliphatic rings. The van der Waals surface area contributed by atoms with Gasteiger partial charge in [-0.15, -0.1) is 0 Å². The number of nitriles is 1. The molecule has 2 aromatic carbocycles. The highest BCUT2D eigenvalue weighted by Gasteiger charge is 2.35. The number of halogens is 1. The minimum Gasteiger partial charge on any atom is -0.438 e. The van der Waals surface area contributed by atoms with Crippen molar-refractivity contribution in [1.29, 1.82) is 5.26 Å². The molecule has 0 aliphatic carbocycles. The zero-order valence-electron chi connectivity index (χ0n) is 13.0. The van der Waals surface area contributed by atoms with Gasteiger partial charge in [-0.05, 0) is 29.8 Å². The lowest BCUT2D eigenvalue weighted by Gasteiger charge is -2.25. The predicted molar refractivity (Wildman–Crippen MR) is 93.7 cm³/mol. The molecule has 4 rings (SSSR count). The quantitative estimate of drug-likeness (QED) is 0.729. The summed E-state index contributed by atoms with van der Waals surface area (Å²) in [6, 6.07) is 17.7.